The molecule has 19 heavy (non-hydrogen) atoms. The summed E-state index contributed by atoms with van der Waals surface area (Å²) in [6.07, 6.45) is 1.89. The average molecular weight is 292 g/mol. The average Bonchev–Trinajstić information content (AvgIpc) is 2.33. The number of carbonyl (C=O) groups is 1. The maximum atomic E-state index is 11.6. The quantitative estimate of drug-likeness (QED) is 0.539. The molecule has 3 N–H and O–H groups in total. The zero-order valence-corrected chi connectivity index (χ0v) is 12.2. The molecule has 2 atom stereocenters. The fourth-order valence-corrected chi connectivity index (χ4v) is 3.51. The van der Waals surface area contributed by atoms with Crippen LogP contribution < -0.4 is 10.6 Å². The lowest BCUT2D eigenvalue weighted by Gasteiger charge is -2.23. The molecule has 1 heterocycles. The monoisotopic (exact) mass is 292 g/mol. The van der Waals surface area contributed by atoms with Gasteiger partial charge in [-0.1, -0.05) is 6.92 Å². The maximum Gasteiger partial charge on any atom is 0.221 e. The highest BCUT2D eigenvalue weighted by molar-refractivity contribution is 7.91. The van der Waals surface area contributed by atoms with Gasteiger partial charge in [-0.15, -0.1) is 0 Å². The van der Waals surface area contributed by atoms with Crippen molar-refractivity contribution >= 4 is 15.7 Å². The first kappa shape index (κ1) is 16.4. The minimum absolute atomic E-state index is 0.0436. The summed E-state index contributed by atoms with van der Waals surface area (Å²) in [7, 11) is -2.99. The Hall–Kier alpha value is -0.660. The first-order valence-corrected chi connectivity index (χ1v) is 8.56. The molecule has 0 spiro atoms. The van der Waals surface area contributed by atoms with Gasteiger partial charge in [-0.2, -0.15) is 0 Å². The predicted molar refractivity (Wildman–Crippen MR) is 73.6 cm³/mol. The molecule has 0 aromatic rings. The second kappa shape index (κ2) is 7.81. The van der Waals surface area contributed by atoms with Crippen LogP contribution in [-0.4, -0.2) is 56.7 Å². The third-order valence-electron chi connectivity index (χ3n) is 3.24. The molecule has 0 saturated carbocycles. The van der Waals surface area contributed by atoms with Gasteiger partial charge in [-0.3, -0.25) is 4.79 Å². The Morgan fingerprint density at radius 2 is 2.26 bits per heavy atom. The van der Waals surface area contributed by atoms with Crippen molar-refractivity contribution in [3.63, 3.8) is 0 Å². The molecule has 0 aliphatic carbocycles. The number of amides is 1. The summed E-state index contributed by atoms with van der Waals surface area (Å²) in [5, 5.41) is 14.7. The van der Waals surface area contributed by atoms with E-state index >= 15 is 0 Å². The molecule has 1 aliphatic rings. The highest BCUT2D eigenvalue weighted by atomic mass is 32.2. The fourth-order valence-electron chi connectivity index (χ4n) is 2.06. The Labute approximate surface area is 114 Å². The van der Waals surface area contributed by atoms with Gasteiger partial charge in [0.1, 0.15) is 0 Å². The minimum atomic E-state index is -2.99. The van der Waals surface area contributed by atoms with E-state index in [-0.39, 0.29) is 42.4 Å². The minimum Gasteiger partial charge on any atom is -0.396 e. The fraction of sp³-hybridized carbons (Fsp3) is 0.917. The summed E-state index contributed by atoms with van der Waals surface area (Å²) in [4.78, 5) is 11.6. The van der Waals surface area contributed by atoms with Crippen LogP contribution in [0.2, 0.25) is 0 Å². The molecule has 0 aromatic heterocycles. The molecule has 1 saturated heterocycles. The number of nitrogens with one attached hydrogen (secondary N) is 2. The topological polar surface area (TPSA) is 95.5 Å². The van der Waals surface area contributed by atoms with E-state index < -0.39 is 9.84 Å². The van der Waals surface area contributed by atoms with Crippen LogP contribution in [-0.2, 0) is 14.6 Å². The second-order valence-corrected chi connectivity index (χ2v) is 7.48. The number of aliphatic hydroxyl groups is 1. The summed E-state index contributed by atoms with van der Waals surface area (Å²) >= 11 is 0. The van der Waals surface area contributed by atoms with Crippen LogP contribution in [0.15, 0.2) is 0 Å². The molecular weight excluding hydrogens is 268 g/mol. The van der Waals surface area contributed by atoms with Crippen molar-refractivity contribution in [1.29, 1.82) is 0 Å². The van der Waals surface area contributed by atoms with Crippen molar-refractivity contribution in [2.75, 3.05) is 31.2 Å². The molecule has 112 valence electrons. The van der Waals surface area contributed by atoms with Crippen molar-refractivity contribution in [3.05, 3.63) is 0 Å². The van der Waals surface area contributed by atoms with E-state index in [1.165, 1.54) is 0 Å². The molecule has 1 aliphatic heterocycles. The molecule has 2 unspecified atom stereocenters. The number of aliphatic hydroxyl groups excluding tert-OH is 1. The van der Waals surface area contributed by atoms with Crippen LogP contribution in [0, 0.1) is 5.92 Å². The predicted octanol–water partition coefficient (Wildman–Crippen LogP) is -0.712. The first-order valence-electron chi connectivity index (χ1n) is 6.74. The van der Waals surface area contributed by atoms with E-state index in [0.717, 1.165) is 12.8 Å². The number of hydrogen-bond acceptors (Lipinski definition) is 5. The van der Waals surface area contributed by atoms with Crippen LogP contribution in [0.4, 0.5) is 0 Å². The summed E-state index contributed by atoms with van der Waals surface area (Å²) < 4.78 is 22.8. The van der Waals surface area contributed by atoms with Gasteiger partial charge < -0.3 is 15.7 Å². The van der Waals surface area contributed by atoms with Gasteiger partial charge in [0.25, 0.3) is 0 Å². The van der Waals surface area contributed by atoms with Gasteiger partial charge in [0, 0.05) is 32.2 Å². The molecule has 0 bridgehead atoms. The maximum absolute atomic E-state index is 11.6. The highest BCUT2D eigenvalue weighted by Gasteiger charge is 2.25. The molecule has 1 rings (SSSR count). The number of carbonyl (C=O) groups excluding carboxylic acids is 1. The van der Waals surface area contributed by atoms with Gasteiger partial charge in [-0.25, -0.2) is 8.42 Å². The molecular formula is C12H24N2O4S. The van der Waals surface area contributed by atoms with Crippen LogP contribution in [0.1, 0.15) is 26.2 Å². The van der Waals surface area contributed by atoms with Crippen LogP contribution in [0.25, 0.3) is 0 Å². The largest absolute Gasteiger partial charge is 0.396 e. The first-order chi connectivity index (χ1) is 8.93. The van der Waals surface area contributed by atoms with Crippen molar-refractivity contribution in [2.45, 2.75) is 32.2 Å². The van der Waals surface area contributed by atoms with E-state index in [4.69, 9.17) is 5.11 Å². The normalized spacial score (nSPS) is 23.8. The number of sulfone groups is 1. The number of hydrogen-bond donors (Lipinski definition) is 3. The van der Waals surface area contributed by atoms with Crippen LogP contribution in [0.3, 0.4) is 0 Å². The summed E-state index contributed by atoms with van der Waals surface area (Å²) in [6, 6.07) is -0.268. The Morgan fingerprint density at radius 3 is 2.89 bits per heavy atom. The zero-order valence-electron chi connectivity index (χ0n) is 11.4. The zero-order chi connectivity index (χ0) is 14.3. The smallest absolute Gasteiger partial charge is 0.221 e. The molecule has 1 amide bonds. The van der Waals surface area contributed by atoms with Gasteiger partial charge in [0.2, 0.25) is 5.91 Å². The van der Waals surface area contributed by atoms with Gasteiger partial charge in [0.15, 0.2) is 9.84 Å². The lowest BCUT2D eigenvalue weighted by Crippen LogP contribution is -2.47. The van der Waals surface area contributed by atoms with Crippen LogP contribution >= 0.6 is 0 Å². The second-order valence-electron chi connectivity index (χ2n) is 5.25. The van der Waals surface area contributed by atoms with Crippen molar-refractivity contribution in [2.24, 2.45) is 5.92 Å². The third-order valence-corrected chi connectivity index (χ3v) is 4.98. The molecule has 0 radical (unpaired) electrons. The molecule has 7 heteroatoms. The molecule has 1 fully saturated rings. The van der Waals surface area contributed by atoms with Gasteiger partial charge >= 0.3 is 0 Å². The Balaban J connectivity index is 2.17. The highest BCUT2D eigenvalue weighted by Crippen LogP contribution is 2.05. The van der Waals surface area contributed by atoms with Crippen molar-refractivity contribution < 1.29 is 18.3 Å². The van der Waals surface area contributed by atoms with Crippen LogP contribution in [0.5, 0.6) is 0 Å². The van der Waals surface area contributed by atoms with E-state index in [0.29, 0.717) is 13.1 Å². The van der Waals surface area contributed by atoms with Gasteiger partial charge in [-0.05, 0) is 18.8 Å². The Morgan fingerprint density at radius 1 is 1.53 bits per heavy atom. The summed E-state index contributed by atoms with van der Waals surface area (Å²) in [6.45, 7) is 3.12. The van der Waals surface area contributed by atoms with E-state index in [9.17, 15) is 13.2 Å². The molecule has 6 nitrogen and oxygen atoms in total. The van der Waals surface area contributed by atoms with Crippen molar-refractivity contribution in [3.8, 4) is 0 Å². The molecule has 0 aromatic carbocycles. The van der Waals surface area contributed by atoms with Gasteiger partial charge in [0.05, 0.1) is 11.5 Å². The Kier molecular flexibility index (Phi) is 6.74. The summed E-state index contributed by atoms with van der Waals surface area (Å²) in [5.74, 6) is 0.333. The lowest BCUT2D eigenvalue weighted by molar-refractivity contribution is -0.121. The Bertz CT molecular complexity index is 383. The number of rotatable bonds is 7. The third kappa shape index (κ3) is 6.89. The van der Waals surface area contributed by atoms with Crippen molar-refractivity contribution in [1.82, 2.24) is 10.6 Å². The SMILES string of the molecule is CC(CO)CCCNC(=O)CC1CS(=O)(=O)CCN1. The van der Waals surface area contributed by atoms with E-state index in [1.807, 2.05) is 6.92 Å². The van der Waals surface area contributed by atoms with E-state index in [2.05, 4.69) is 10.6 Å². The lowest BCUT2D eigenvalue weighted by atomic mass is 10.1. The summed E-state index contributed by atoms with van der Waals surface area (Å²) in [5.41, 5.74) is 0. The van der Waals surface area contributed by atoms with E-state index in [1.54, 1.807) is 0 Å². The standard InChI is InChI=1S/C12H24N2O4S/c1-10(8-15)3-2-4-14-12(16)7-11-9-19(17,18)6-5-13-11/h10-11,13,15H,2-9H2,1H3,(H,14,16).